The largest absolute Gasteiger partial charge is 0.389 e. The molecule has 0 unspecified atom stereocenters. The summed E-state index contributed by atoms with van der Waals surface area (Å²) < 4.78 is -1.41. The molecule has 6 aromatic carbocycles. The van der Waals surface area contributed by atoms with Crippen LogP contribution in [0.4, 0.5) is 0 Å². The second-order valence-corrected chi connectivity index (χ2v) is 14.8. The van der Waals surface area contributed by atoms with Crippen molar-refractivity contribution in [2.75, 3.05) is 11.5 Å². The predicted octanol–water partition coefficient (Wildman–Crippen LogP) is 7.88. The first-order valence-corrected chi connectivity index (χ1v) is 18.8. The summed E-state index contributed by atoms with van der Waals surface area (Å²) in [6.45, 7) is 0. The predicted molar refractivity (Wildman–Crippen MR) is 207 cm³/mol. The van der Waals surface area contributed by atoms with E-state index in [2.05, 4.69) is 72.8 Å². The molecule has 4 N–H and O–H groups in total. The number of rotatable bonds is 15. The molecular formula is C44H42O4S2. The number of aliphatic hydroxyl groups excluding tert-OH is 4. The van der Waals surface area contributed by atoms with Gasteiger partial charge in [-0.15, -0.1) is 23.5 Å². The van der Waals surface area contributed by atoms with Crippen LogP contribution < -0.4 is 0 Å². The number of hydrogen-bond donors (Lipinski definition) is 4. The van der Waals surface area contributed by atoms with E-state index < -0.39 is 33.9 Å². The highest BCUT2D eigenvalue weighted by Gasteiger charge is 2.41. The maximum atomic E-state index is 11.5. The molecule has 4 nitrogen and oxygen atoms in total. The van der Waals surface area contributed by atoms with Crippen molar-refractivity contribution in [1.82, 2.24) is 0 Å². The van der Waals surface area contributed by atoms with E-state index in [1.807, 2.05) is 109 Å². The minimum atomic E-state index is -1.59. The van der Waals surface area contributed by atoms with Gasteiger partial charge >= 0.3 is 0 Å². The second kappa shape index (κ2) is 16.7. The first kappa shape index (κ1) is 35.7. The van der Waals surface area contributed by atoms with Gasteiger partial charge < -0.3 is 20.4 Å². The fourth-order valence-corrected chi connectivity index (χ4v) is 9.66. The Bertz CT molecular complexity index is 1530. The Morgan fingerprint density at radius 3 is 0.680 bits per heavy atom. The Balaban J connectivity index is 1.25. The summed E-state index contributed by atoms with van der Waals surface area (Å²) in [7, 11) is 0. The van der Waals surface area contributed by atoms with E-state index in [4.69, 9.17) is 0 Å². The highest BCUT2D eigenvalue weighted by Crippen LogP contribution is 2.50. The zero-order valence-electron chi connectivity index (χ0n) is 27.6. The average molecular weight is 699 g/mol. The summed E-state index contributed by atoms with van der Waals surface area (Å²) in [6, 6.07) is 60.7. The highest BCUT2D eigenvalue weighted by molar-refractivity contribution is 8.00. The van der Waals surface area contributed by atoms with Gasteiger partial charge in [-0.05, 0) is 33.4 Å². The highest BCUT2D eigenvalue weighted by atomic mass is 32.2. The minimum Gasteiger partial charge on any atom is -0.389 e. The van der Waals surface area contributed by atoms with Crippen LogP contribution in [0, 0.1) is 0 Å². The van der Waals surface area contributed by atoms with Gasteiger partial charge in [0.2, 0.25) is 0 Å². The van der Waals surface area contributed by atoms with Crippen molar-refractivity contribution in [1.29, 1.82) is 0 Å². The first-order chi connectivity index (χ1) is 24.5. The fourth-order valence-electron chi connectivity index (χ4n) is 6.61. The summed E-state index contributed by atoms with van der Waals surface area (Å²) >= 11 is 2.99. The molecule has 50 heavy (non-hydrogen) atoms. The molecule has 6 rings (SSSR count). The van der Waals surface area contributed by atoms with Crippen molar-refractivity contribution in [3.63, 3.8) is 0 Å². The molecule has 0 bridgehead atoms. The smallest absolute Gasteiger partial charge is 0.109 e. The topological polar surface area (TPSA) is 80.9 Å². The molecule has 254 valence electrons. The normalized spacial score (nSPS) is 14.4. The Labute approximate surface area is 303 Å². The molecule has 0 heterocycles. The number of hydrogen-bond acceptors (Lipinski definition) is 6. The van der Waals surface area contributed by atoms with Gasteiger partial charge in [0.1, 0.15) is 12.2 Å². The summed E-state index contributed by atoms with van der Waals surface area (Å²) in [6.07, 6.45) is -5.82. The van der Waals surface area contributed by atoms with E-state index >= 15 is 0 Å². The van der Waals surface area contributed by atoms with Crippen molar-refractivity contribution < 1.29 is 20.4 Å². The van der Waals surface area contributed by atoms with Gasteiger partial charge in [0.15, 0.2) is 0 Å². The summed E-state index contributed by atoms with van der Waals surface area (Å²) in [5.41, 5.74) is 6.17. The van der Waals surface area contributed by atoms with E-state index in [9.17, 15) is 20.4 Å². The molecule has 0 fully saturated rings. The maximum absolute atomic E-state index is 11.5. The van der Waals surface area contributed by atoms with Gasteiger partial charge in [-0.2, -0.15) is 0 Å². The van der Waals surface area contributed by atoms with Crippen LogP contribution in [-0.4, -0.2) is 56.3 Å². The Morgan fingerprint density at radius 2 is 0.500 bits per heavy atom. The first-order valence-electron chi connectivity index (χ1n) is 16.8. The van der Waals surface area contributed by atoms with Crippen LogP contribution in [0.3, 0.4) is 0 Å². The molecule has 0 saturated carbocycles. The monoisotopic (exact) mass is 698 g/mol. The van der Waals surface area contributed by atoms with Gasteiger partial charge in [-0.25, -0.2) is 0 Å². The Hall–Kier alpha value is -4.14. The molecule has 0 amide bonds. The standard InChI is InChI=1S/C44H42O4S2/c45-39(31-49-43(33-19-7-1-8-20-33,34-21-9-2-10-22-34)35-23-11-3-12-24-35)41(47)42(48)40(46)32-50-44(36-25-13-4-14-26-36,37-27-15-5-16-28-37)38-29-17-6-18-30-38/h1-30,39-42,45-48H,31-32H2/t39-,40-,41-,42-/m1/s1. The van der Waals surface area contributed by atoms with Gasteiger partial charge in [0, 0.05) is 11.5 Å². The van der Waals surface area contributed by atoms with Crippen LogP contribution in [0.5, 0.6) is 0 Å². The number of thioether (sulfide) groups is 2. The molecule has 0 aliphatic rings. The van der Waals surface area contributed by atoms with Crippen LogP contribution >= 0.6 is 23.5 Å². The molecule has 0 aromatic heterocycles. The van der Waals surface area contributed by atoms with Crippen LogP contribution in [0.15, 0.2) is 182 Å². The molecular weight excluding hydrogens is 657 g/mol. The summed E-state index contributed by atoms with van der Waals surface area (Å²) in [5.74, 6) is 0.192. The molecule has 0 aliphatic carbocycles. The Morgan fingerprint density at radius 1 is 0.320 bits per heavy atom. The third-order valence-corrected chi connectivity index (χ3v) is 12.5. The molecule has 0 aliphatic heterocycles. The molecule has 6 aromatic rings. The zero-order valence-corrected chi connectivity index (χ0v) is 29.3. The van der Waals surface area contributed by atoms with E-state index in [-0.39, 0.29) is 11.5 Å². The maximum Gasteiger partial charge on any atom is 0.109 e. The van der Waals surface area contributed by atoms with Crippen LogP contribution in [0.1, 0.15) is 33.4 Å². The quantitative estimate of drug-likeness (QED) is 0.0818. The van der Waals surface area contributed by atoms with Crippen molar-refractivity contribution >= 4 is 23.5 Å². The number of benzene rings is 6. The van der Waals surface area contributed by atoms with Crippen molar-refractivity contribution in [2.45, 2.75) is 33.9 Å². The Kier molecular flexibility index (Phi) is 11.9. The van der Waals surface area contributed by atoms with Gasteiger partial charge in [0.05, 0.1) is 21.7 Å². The van der Waals surface area contributed by atoms with Gasteiger partial charge in [0.25, 0.3) is 0 Å². The van der Waals surface area contributed by atoms with Crippen molar-refractivity contribution in [2.24, 2.45) is 0 Å². The van der Waals surface area contributed by atoms with Crippen LogP contribution in [-0.2, 0) is 9.49 Å². The minimum absolute atomic E-state index is 0.0960. The number of aliphatic hydroxyl groups is 4. The third kappa shape index (κ3) is 7.47. The van der Waals surface area contributed by atoms with Crippen molar-refractivity contribution in [3.05, 3.63) is 215 Å². The van der Waals surface area contributed by atoms with Gasteiger partial charge in [-0.1, -0.05) is 182 Å². The van der Waals surface area contributed by atoms with E-state index in [1.165, 1.54) is 23.5 Å². The second-order valence-electron chi connectivity index (χ2n) is 12.3. The molecule has 0 radical (unpaired) electrons. The lowest BCUT2D eigenvalue weighted by Crippen LogP contribution is -2.47. The summed E-state index contributed by atoms with van der Waals surface area (Å²) in [5, 5.41) is 45.6. The summed E-state index contributed by atoms with van der Waals surface area (Å²) in [4.78, 5) is 0. The molecule has 4 atom stereocenters. The fraction of sp³-hybridized carbons (Fsp3) is 0.182. The lowest BCUT2D eigenvalue weighted by molar-refractivity contribution is -0.0922. The molecule has 6 heteroatoms. The SMILES string of the molecule is O[C@@H]([C@H](O)[C@H](O)CSC(c1ccccc1)(c1ccccc1)c1ccccc1)[C@H](O)CSC(c1ccccc1)(c1ccccc1)c1ccccc1. The van der Waals surface area contributed by atoms with E-state index in [1.54, 1.807) is 0 Å². The molecule has 0 spiro atoms. The van der Waals surface area contributed by atoms with Gasteiger partial charge in [-0.3, -0.25) is 0 Å². The zero-order chi connectivity index (χ0) is 34.8. The lowest BCUT2D eigenvalue weighted by atomic mass is 9.84. The average Bonchev–Trinajstić information content (AvgIpc) is 3.20. The van der Waals surface area contributed by atoms with Crippen LogP contribution in [0.25, 0.3) is 0 Å². The third-order valence-electron chi connectivity index (χ3n) is 9.16. The van der Waals surface area contributed by atoms with Crippen molar-refractivity contribution in [3.8, 4) is 0 Å². The lowest BCUT2D eigenvalue weighted by Gasteiger charge is -2.38. The van der Waals surface area contributed by atoms with Crippen LogP contribution in [0.2, 0.25) is 0 Å². The van der Waals surface area contributed by atoms with E-state index in [0.717, 1.165) is 33.4 Å². The van der Waals surface area contributed by atoms with E-state index in [0.29, 0.717) is 0 Å². The molecule has 0 saturated heterocycles.